The molecule has 0 saturated heterocycles. The average molecular weight is 262 g/mol. The molecule has 0 saturated carbocycles. The molecule has 0 aliphatic carbocycles. The molecule has 0 unspecified atom stereocenters. The fourth-order valence-electron chi connectivity index (χ4n) is 1.34. The monoisotopic (exact) mass is 262 g/mol. The molecule has 0 aliphatic rings. The van der Waals surface area contributed by atoms with Gasteiger partial charge in [-0.1, -0.05) is 5.92 Å². The van der Waals surface area contributed by atoms with Crippen molar-refractivity contribution in [2.24, 2.45) is 0 Å². The summed E-state index contributed by atoms with van der Waals surface area (Å²) in [5.74, 6) is 5.61. The highest BCUT2D eigenvalue weighted by Crippen LogP contribution is 2.33. The van der Waals surface area contributed by atoms with Crippen LogP contribution in [0.1, 0.15) is 21.5 Å². The third kappa shape index (κ3) is 2.57. The second-order valence-electron chi connectivity index (χ2n) is 3.19. The van der Waals surface area contributed by atoms with Crippen LogP contribution in [0.2, 0.25) is 0 Å². The van der Waals surface area contributed by atoms with E-state index in [1.54, 1.807) is 17.4 Å². The molecule has 2 nitrogen and oxygen atoms in total. The van der Waals surface area contributed by atoms with Crippen LogP contribution in [0.3, 0.4) is 0 Å². The van der Waals surface area contributed by atoms with Crippen molar-refractivity contribution < 1.29 is 9.53 Å². The lowest BCUT2D eigenvalue weighted by Gasteiger charge is -1.92. The molecule has 0 bridgehead atoms. The van der Waals surface area contributed by atoms with Gasteiger partial charge in [0, 0.05) is 9.75 Å². The summed E-state index contributed by atoms with van der Waals surface area (Å²) >= 11 is 3.07. The lowest BCUT2D eigenvalue weighted by atomic mass is 10.3. The first-order valence-corrected chi connectivity index (χ1v) is 6.59. The number of methoxy groups -OCH3 is 1. The fraction of sp³-hybridized carbons (Fsp3) is 0.154. The van der Waals surface area contributed by atoms with Crippen molar-refractivity contribution in [3.05, 3.63) is 34.0 Å². The quantitative estimate of drug-likeness (QED) is 0.610. The van der Waals surface area contributed by atoms with Gasteiger partial charge in [-0.3, -0.25) is 0 Å². The lowest BCUT2D eigenvalue weighted by Crippen LogP contribution is -1.96. The van der Waals surface area contributed by atoms with E-state index < -0.39 is 0 Å². The Hall–Kier alpha value is -1.57. The highest BCUT2D eigenvalue weighted by atomic mass is 32.1. The van der Waals surface area contributed by atoms with E-state index in [1.165, 1.54) is 18.4 Å². The van der Waals surface area contributed by atoms with E-state index in [0.717, 1.165) is 14.6 Å². The SMILES string of the molecule is CC#Cc1ccc(-c2ccc(C(=O)OC)s2)s1. The van der Waals surface area contributed by atoms with Gasteiger partial charge in [-0.25, -0.2) is 4.79 Å². The summed E-state index contributed by atoms with van der Waals surface area (Å²) < 4.78 is 4.68. The third-order valence-corrected chi connectivity index (χ3v) is 4.35. The van der Waals surface area contributed by atoms with Crippen molar-refractivity contribution in [1.82, 2.24) is 0 Å². The maximum atomic E-state index is 11.3. The summed E-state index contributed by atoms with van der Waals surface area (Å²) in [6, 6.07) is 7.74. The van der Waals surface area contributed by atoms with E-state index in [0.29, 0.717) is 4.88 Å². The van der Waals surface area contributed by atoms with E-state index in [2.05, 4.69) is 16.6 Å². The number of ether oxygens (including phenoxy) is 1. The maximum absolute atomic E-state index is 11.3. The van der Waals surface area contributed by atoms with E-state index >= 15 is 0 Å². The molecular weight excluding hydrogens is 252 g/mol. The van der Waals surface area contributed by atoms with Gasteiger partial charge in [-0.05, 0) is 31.2 Å². The van der Waals surface area contributed by atoms with Crippen LogP contribution in [0.25, 0.3) is 9.75 Å². The van der Waals surface area contributed by atoms with Gasteiger partial charge in [0.15, 0.2) is 0 Å². The zero-order chi connectivity index (χ0) is 12.3. The predicted molar refractivity (Wildman–Crippen MR) is 71.5 cm³/mol. The molecule has 0 amide bonds. The zero-order valence-electron chi connectivity index (χ0n) is 9.44. The first-order chi connectivity index (χ1) is 8.24. The van der Waals surface area contributed by atoms with Crippen LogP contribution in [0.5, 0.6) is 0 Å². The summed E-state index contributed by atoms with van der Waals surface area (Å²) in [4.78, 5) is 15.2. The Morgan fingerprint density at radius 2 is 1.88 bits per heavy atom. The van der Waals surface area contributed by atoms with Crippen LogP contribution in [0.4, 0.5) is 0 Å². The van der Waals surface area contributed by atoms with Crippen molar-refractivity contribution in [2.45, 2.75) is 6.92 Å². The fourth-order valence-corrected chi connectivity index (χ4v) is 3.27. The predicted octanol–water partition coefficient (Wildman–Crippen LogP) is 3.63. The highest BCUT2D eigenvalue weighted by Gasteiger charge is 2.11. The standard InChI is InChI=1S/C13H10O2S2/c1-3-4-9-5-6-10(16-9)11-7-8-12(17-11)13(14)15-2/h5-8H,1-2H3. The van der Waals surface area contributed by atoms with Crippen molar-refractivity contribution in [2.75, 3.05) is 7.11 Å². The summed E-state index contributed by atoms with van der Waals surface area (Å²) in [6.45, 7) is 1.82. The minimum atomic E-state index is -0.286. The summed E-state index contributed by atoms with van der Waals surface area (Å²) in [6.07, 6.45) is 0. The molecule has 0 spiro atoms. The number of esters is 1. The van der Waals surface area contributed by atoms with Gasteiger partial charge in [0.2, 0.25) is 0 Å². The maximum Gasteiger partial charge on any atom is 0.348 e. The molecule has 0 radical (unpaired) electrons. The lowest BCUT2D eigenvalue weighted by molar-refractivity contribution is 0.0606. The molecule has 4 heteroatoms. The van der Waals surface area contributed by atoms with Gasteiger partial charge in [0.05, 0.1) is 12.0 Å². The van der Waals surface area contributed by atoms with E-state index in [4.69, 9.17) is 0 Å². The van der Waals surface area contributed by atoms with E-state index in [1.807, 2.05) is 25.1 Å². The second kappa shape index (κ2) is 5.17. The normalized spacial score (nSPS) is 9.53. The molecule has 0 fully saturated rings. The molecule has 86 valence electrons. The number of carbonyl (C=O) groups excluding carboxylic acids is 1. The molecule has 0 N–H and O–H groups in total. The van der Waals surface area contributed by atoms with Gasteiger partial charge in [-0.2, -0.15) is 0 Å². The van der Waals surface area contributed by atoms with Gasteiger partial charge < -0.3 is 4.74 Å². The van der Waals surface area contributed by atoms with Crippen LogP contribution >= 0.6 is 22.7 Å². The van der Waals surface area contributed by atoms with Gasteiger partial charge in [0.25, 0.3) is 0 Å². The van der Waals surface area contributed by atoms with Crippen molar-refractivity contribution >= 4 is 28.6 Å². The van der Waals surface area contributed by atoms with Gasteiger partial charge in [-0.15, -0.1) is 28.6 Å². The van der Waals surface area contributed by atoms with Gasteiger partial charge in [0.1, 0.15) is 4.88 Å². The second-order valence-corrected chi connectivity index (χ2v) is 5.36. The number of carbonyl (C=O) groups is 1. The van der Waals surface area contributed by atoms with Crippen molar-refractivity contribution in [3.63, 3.8) is 0 Å². The smallest absolute Gasteiger partial charge is 0.348 e. The first kappa shape index (κ1) is 11.9. The number of hydrogen-bond acceptors (Lipinski definition) is 4. The average Bonchev–Trinajstić information content (AvgIpc) is 2.96. The van der Waals surface area contributed by atoms with E-state index in [9.17, 15) is 4.79 Å². The van der Waals surface area contributed by atoms with Crippen LogP contribution in [-0.2, 0) is 4.74 Å². The third-order valence-electron chi connectivity index (χ3n) is 2.09. The largest absolute Gasteiger partial charge is 0.465 e. The molecule has 0 aliphatic heterocycles. The van der Waals surface area contributed by atoms with Crippen LogP contribution in [0, 0.1) is 11.8 Å². The number of rotatable bonds is 2. The molecule has 2 heterocycles. The Morgan fingerprint density at radius 3 is 2.59 bits per heavy atom. The molecular formula is C13H10O2S2. The number of hydrogen-bond donors (Lipinski definition) is 0. The topological polar surface area (TPSA) is 26.3 Å². The minimum absolute atomic E-state index is 0.286. The molecule has 2 aromatic heterocycles. The Bertz CT molecular complexity index is 596. The Labute approximate surface area is 108 Å². The Balaban J connectivity index is 2.29. The number of thiophene rings is 2. The van der Waals surface area contributed by atoms with Crippen LogP contribution in [0.15, 0.2) is 24.3 Å². The minimum Gasteiger partial charge on any atom is -0.465 e. The molecule has 2 rings (SSSR count). The summed E-state index contributed by atoms with van der Waals surface area (Å²) in [5, 5.41) is 0. The summed E-state index contributed by atoms with van der Waals surface area (Å²) in [5.41, 5.74) is 0. The summed E-state index contributed by atoms with van der Waals surface area (Å²) in [7, 11) is 1.39. The van der Waals surface area contributed by atoms with Crippen LogP contribution < -0.4 is 0 Å². The molecule has 0 aromatic carbocycles. The Morgan fingerprint density at radius 1 is 1.18 bits per heavy atom. The van der Waals surface area contributed by atoms with Crippen LogP contribution in [-0.4, -0.2) is 13.1 Å². The Kier molecular flexibility index (Phi) is 3.62. The molecule has 2 aromatic rings. The molecule has 0 atom stereocenters. The van der Waals surface area contributed by atoms with Gasteiger partial charge >= 0.3 is 5.97 Å². The van der Waals surface area contributed by atoms with E-state index in [-0.39, 0.29) is 5.97 Å². The highest BCUT2D eigenvalue weighted by molar-refractivity contribution is 7.23. The molecule has 17 heavy (non-hydrogen) atoms. The van der Waals surface area contributed by atoms with Crippen molar-refractivity contribution in [1.29, 1.82) is 0 Å². The van der Waals surface area contributed by atoms with Crippen molar-refractivity contribution in [3.8, 4) is 21.6 Å². The first-order valence-electron chi connectivity index (χ1n) is 4.95. The zero-order valence-corrected chi connectivity index (χ0v) is 11.1.